The van der Waals surface area contributed by atoms with Gasteiger partial charge in [0.05, 0.1) is 11.0 Å². The predicted octanol–water partition coefficient (Wildman–Crippen LogP) is 4.93. The van der Waals surface area contributed by atoms with Gasteiger partial charge in [-0.3, -0.25) is 9.97 Å². The number of hydrogen-bond donors (Lipinski definition) is 0. The van der Waals surface area contributed by atoms with Crippen molar-refractivity contribution in [3.05, 3.63) is 82.4 Å². The summed E-state index contributed by atoms with van der Waals surface area (Å²) in [7, 11) is 4.09. The second-order valence-corrected chi connectivity index (χ2v) is 7.63. The Morgan fingerprint density at radius 3 is 2.74 bits per heavy atom. The van der Waals surface area contributed by atoms with Crippen LogP contribution in [0.2, 0.25) is 0 Å². The lowest BCUT2D eigenvalue weighted by Crippen LogP contribution is -2.12. The molecule has 0 aliphatic heterocycles. The van der Waals surface area contributed by atoms with Crippen LogP contribution in [0.1, 0.15) is 16.0 Å². The first-order valence-electron chi connectivity index (χ1n) is 8.83. The van der Waals surface area contributed by atoms with E-state index >= 15 is 0 Å². The van der Waals surface area contributed by atoms with Crippen molar-refractivity contribution in [2.45, 2.75) is 13.0 Å². The van der Waals surface area contributed by atoms with Gasteiger partial charge in [0, 0.05) is 60.5 Å². The van der Waals surface area contributed by atoms with Gasteiger partial charge in [0.25, 0.3) is 0 Å². The van der Waals surface area contributed by atoms with Gasteiger partial charge in [-0.15, -0.1) is 11.3 Å². The van der Waals surface area contributed by atoms with Crippen molar-refractivity contribution in [3.63, 3.8) is 0 Å². The third-order valence-electron chi connectivity index (χ3n) is 4.44. The zero-order valence-electron chi connectivity index (χ0n) is 15.4. The van der Waals surface area contributed by atoms with E-state index in [1.165, 1.54) is 16.1 Å². The number of benzene rings is 2. The summed E-state index contributed by atoms with van der Waals surface area (Å²) in [6.45, 7) is 0.531. The van der Waals surface area contributed by atoms with Crippen LogP contribution in [0, 0.1) is 0 Å². The Morgan fingerprint density at radius 2 is 1.93 bits per heavy atom. The number of rotatable bonds is 6. The lowest BCUT2D eigenvalue weighted by molar-refractivity contribution is 0.307. The van der Waals surface area contributed by atoms with Crippen LogP contribution in [-0.2, 0) is 13.0 Å². The van der Waals surface area contributed by atoms with E-state index in [2.05, 4.69) is 39.1 Å². The van der Waals surface area contributed by atoms with Gasteiger partial charge in [-0.1, -0.05) is 18.2 Å². The molecular formula is C22H21N3OS. The van der Waals surface area contributed by atoms with Crippen molar-refractivity contribution in [2.24, 2.45) is 0 Å². The first-order valence-corrected chi connectivity index (χ1v) is 9.71. The van der Waals surface area contributed by atoms with Crippen LogP contribution in [0.15, 0.2) is 66.4 Å². The third-order valence-corrected chi connectivity index (χ3v) is 5.22. The number of aromatic nitrogens is 2. The minimum Gasteiger partial charge on any atom is -0.489 e. The highest BCUT2D eigenvalue weighted by atomic mass is 32.1. The molecule has 4 rings (SSSR count). The van der Waals surface area contributed by atoms with Gasteiger partial charge in [0.15, 0.2) is 0 Å². The Labute approximate surface area is 163 Å². The molecule has 2 heterocycles. The van der Waals surface area contributed by atoms with Gasteiger partial charge in [-0.25, -0.2) is 0 Å². The van der Waals surface area contributed by atoms with Crippen LogP contribution in [-0.4, -0.2) is 24.1 Å². The number of nitrogens with zero attached hydrogens (tertiary/aromatic N) is 3. The minimum absolute atomic E-state index is 0.531. The number of hydrogen-bond acceptors (Lipinski definition) is 5. The highest BCUT2D eigenvalue weighted by molar-refractivity contribution is 7.09. The average Bonchev–Trinajstić information content (AvgIpc) is 3.19. The van der Waals surface area contributed by atoms with Crippen molar-refractivity contribution < 1.29 is 4.74 Å². The molecule has 2 aromatic carbocycles. The molecule has 0 atom stereocenters. The molecule has 0 spiro atoms. The molecule has 4 nitrogen and oxygen atoms in total. The second kappa shape index (κ2) is 7.76. The molecule has 0 amide bonds. The SMILES string of the molecule is CN(C)c1ccccc1COc1ccc2cc(Cc3cncs3)cnc2c1. The zero-order chi connectivity index (χ0) is 18.6. The molecule has 2 aromatic heterocycles. The first kappa shape index (κ1) is 17.5. The van der Waals surface area contributed by atoms with Gasteiger partial charge in [-0.2, -0.15) is 0 Å². The number of para-hydroxylation sites is 1. The van der Waals surface area contributed by atoms with E-state index in [0.29, 0.717) is 6.61 Å². The van der Waals surface area contributed by atoms with E-state index in [1.807, 2.05) is 56.3 Å². The summed E-state index contributed by atoms with van der Waals surface area (Å²) in [4.78, 5) is 12.1. The van der Waals surface area contributed by atoms with Gasteiger partial charge in [0.1, 0.15) is 12.4 Å². The number of anilines is 1. The Morgan fingerprint density at radius 1 is 1.04 bits per heavy atom. The van der Waals surface area contributed by atoms with Crippen LogP contribution in [0.4, 0.5) is 5.69 Å². The highest BCUT2D eigenvalue weighted by Crippen LogP contribution is 2.24. The second-order valence-electron chi connectivity index (χ2n) is 6.65. The fourth-order valence-electron chi connectivity index (χ4n) is 3.09. The Hall–Kier alpha value is -2.92. The maximum absolute atomic E-state index is 6.03. The Kier molecular flexibility index (Phi) is 5.03. The molecular weight excluding hydrogens is 354 g/mol. The molecule has 0 unspecified atom stereocenters. The molecule has 27 heavy (non-hydrogen) atoms. The molecule has 0 saturated carbocycles. The summed E-state index contributed by atoms with van der Waals surface area (Å²) in [5.41, 5.74) is 6.34. The summed E-state index contributed by atoms with van der Waals surface area (Å²) in [6.07, 6.45) is 4.72. The van der Waals surface area contributed by atoms with Crippen LogP contribution in [0.5, 0.6) is 5.75 Å². The number of pyridine rings is 1. The van der Waals surface area contributed by atoms with E-state index in [4.69, 9.17) is 4.74 Å². The van der Waals surface area contributed by atoms with Crippen molar-refractivity contribution in [3.8, 4) is 5.75 Å². The maximum Gasteiger partial charge on any atom is 0.122 e. The molecule has 0 aliphatic rings. The van der Waals surface area contributed by atoms with E-state index in [1.54, 1.807) is 11.3 Å². The lowest BCUT2D eigenvalue weighted by Gasteiger charge is -2.17. The molecule has 0 radical (unpaired) electrons. The Bertz CT molecular complexity index is 1040. The number of ether oxygens (including phenoxy) is 1. The summed E-state index contributed by atoms with van der Waals surface area (Å²) < 4.78 is 6.03. The van der Waals surface area contributed by atoms with Gasteiger partial charge in [0.2, 0.25) is 0 Å². The zero-order valence-corrected chi connectivity index (χ0v) is 16.2. The van der Waals surface area contributed by atoms with E-state index in [9.17, 15) is 0 Å². The summed E-state index contributed by atoms with van der Waals surface area (Å²) >= 11 is 1.67. The largest absolute Gasteiger partial charge is 0.489 e. The van der Waals surface area contributed by atoms with Gasteiger partial charge < -0.3 is 9.64 Å². The minimum atomic E-state index is 0.531. The number of thiazole rings is 1. The fraction of sp³-hybridized carbons (Fsp3) is 0.182. The predicted molar refractivity (Wildman–Crippen MR) is 112 cm³/mol. The smallest absolute Gasteiger partial charge is 0.122 e. The fourth-order valence-corrected chi connectivity index (χ4v) is 3.72. The Balaban J connectivity index is 1.50. The third kappa shape index (κ3) is 4.09. The van der Waals surface area contributed by atoms with Crippen molar-refractivity contribution in [2.75, 3.05) is 19.0 Å². The van der Waals surface area contributed by atoms with Crippen LogP contribution >= 0.6 is 11.3 Å². The molecule has 0 aliphatic carbocycles. The summed E-state index contributed by atoms with van der Waals surface area (Å²) in [5.74, 6) is 0.832. The van der Waals surface area contributed by atoms with Crippen LogP contribution in [0.3, 0.4) is 0 Å². The lowest BCUT2D eigenvalue weighted by atomic mass is 10.1. The number of fused-ring (bicyclic) bond motifs is 1. The molecule has 0 saturated heterocycles. The maximum atomic E-state index is 6.03. The van der Waals surface area contributed by atoms with Crippen LogP contribution < -0.4 is 9.64 Å². The first-order chi connectivity index (χ1) is 13.2. The van der Waals surface area contributed by atoms with Gasteiger partial charge >= 0.3 is 0 Å². The van der Waals surface area contributed by atoms with Gasteiger partial charge in [-0.05, 0) is 29.8 Å². The van der Waals surface area contributed by atoms with Crippen molar-refractivity contribution in [1.29, 1.82) is 0 Å². The standard InChI is InChI=1S/C22H21N3OS/c1-25(2)22-6-4-3-5-18(22)14-26-19-8-7-17-9-16(12-24-21(17)11-19)10-20-13-23-15-27-20/h3-9,11-13,15H,10,14H2,1-2H3. The quantitative estimate of drug-likeness (QED) is 0.479. The molecule has 5 heteroatoms. The van der Waals surface area contributed by atoms with Crippen LogP contribution in [0.25, 0.3) is 10.9 Å². The monoisotopic (exact) mass is 375 g/mol. The topological polar surface area (TPSA) is 38.2 Å². The van der Waals surface area contributed by atoms with Crippen molar-refractivity contribution >= 4 is 27.9 Å². The van der Waals surface area contributed by atoms with E-state index in [0.717, 1.165) is 28.6 Å². The molecule has 4 aromatic rings. The molecule has 0 bridgehead atoms. The summed E-state index contributed by atoms with van der Waals surface area (Å²) in [6, 6.07) is 16.6. The molecule has 0 fully saturated rings. The van der Waals surface area contributed by atoms with Crippen molar-refractivity contribution in [1.82, 2.24) is 9.97 Å². The highest BCUT2D eigenvalue weighted by Gasteiger charge is 2.06. The normalized spacial score (nSPS) is 10.9. The summed E-state index contributed by atoms with van der Waals surface area (Å²) in [5, 5.41) is 1.12. The molecule has 136 valence electrons. The average molecular weight is 375 g/mol. The van der Waals surface area contributed by atoms with E-state index < -0.39 is 0 Å². The molecule has 0 N–H and O–H groups in total. The van der Waals surface area contributed by atoms with E-state index in [-0.39, 0.29) is 0 Å².